The first-order valence-electron chi connectivity index (χ1n) is 12.7. The summed E-state index contributed by atoms with van der Waals surface area (Å²) in [4.78, 5) is 25.5. The van der Waals surface area contributed by atoms with Gasteiger partial charge in [-0.25, -0.2) is 9.97 Å². The Hall–Kier alpha value is -2.83. The normalized spacial score (nSPS) is 22.3. The molecule has 0 unspecified atom stereocenters. The van der Waals surface area contributed by atoms with Crippen LogP contribution < -0.4 is 14.4 Å². The number of aromatic nitrogens is 2. The molecule has 0 bridgehead atoms. The zero-order valence-corrected chi connectivity index (χ0v) is 20.4. The van der Waals surface area contributed by atoms with E-state index in [-0.39, 0.29) is 5.91 Å². The SMILES string of the molecule is COc1cc(OCC[C@@H]2C[C@@H]2C2CCN(c3ncc(C)cn3)CC2)ccc1CC(=O)N1CCC1. The number of ether oxygens (including phenoxy) is 2. The van der Waals surface area contributed by atoms with Crippen LogP contribution in [-0.4, -0.2) is 60.7 Å². The molecular formula is C27H36N4O3. The van der Waals surface area contributed by atoms with Gasteiger partial charge in [0.25, 0.3) is 0 Å². The molecule has 0 spiro atoms. The lowest BCUT2D eigenvalue weighted by atomic mass is 9.90. The van der Waals surface area contributed by atoms with E-state index in [0.717, 1.165) is 92.0 Å². The van der Waals surface area contributed by atoms with Crippen LogP contribution in [-0.2, 0) is 11.2 Å². The van der Waals surface area contributed by atoms with Gasteiger partial charge in [-0.1, -0.05) is 6.07 Å². The highest BCUT2D eigenvalue weighted by molar-refractivity contribution is 5.80. The molecule has 182 valence electrons. The Morgan fingerprint density at radius 2 is 1.88 bits per heavy atom. The van der Waals surface area contributed by atoms with Crippen LogP contribution in [0.4, 0.5) is 5.95 Å². The lowest BCUT2D eigenvalue weighted by Gasteiger charge is -2.32. The number of benzene rings is 1. The minimum absolute atomic E-state index is 0.176. The molecule has 7 nitrogen and oxygen atoms in total. The maximum Gasteiger partial charge on any atom is 0.227 e. The van der Waals surface area contributed by atoms with Crippen LogP contribution in [0.1, 0.15) is 43.2 Å². The van der Waals surface area contributed by atoms with Gasteiger partial charge in [0, 0.05) is 50.2 Å². The number of rotatable bonds is 9. The number of anilines is 1. The van der Waals surface area contributed by atoms with Gasteiger partial charge in [-0.3, -0.25) is 4.79 Å². The van der Waals surface area contributed by atoms with Crippen molar-refractivity contribution in [3.05, 3.63) is 41.7 Å². The van der Waals surface area contributed by atoms with Crippen LogP contribution in [0.3, 0.4) is 0 Å². The van der Waals surface area contributed by atoms with E-state index in [2.05, 4.69) is 14.9 Å². The minimum Gasteiger partial charge on any atom is -0.496 e. The fraction of sp³-hybridized carbons (Fsp3) is 0.593. The molecule has 2 aromatic rings. The molecule has 7 heteroatoms. The highest BCUT2D eigenvalue weighted by Crippen LogP contribution is 2.49. The van der Waals surface area contributed by atoms with Gasteiger partial charge in [-0.15, -0.1) is 0 Å². The van der Waals surface area contributed by atoms with Gasteiger partial charge < -0.3 is 19.3 Å². The summed E-state index contributed by atoms with van der Waals surface area (Å²) in [6.45, 7) is 6.62. The highest BCUT2D eigenvalue weighted by Gasteiger charge is 2.43. The van der Waals surface area contributed by atoms with Crippen molar-refractivity contribution in [3.8, 4) is 11.5 Å². The molecular weight excluding hydrogens is 428 g/mol. The molecule has 1 aromatic heterocycles. The summed E-state index contributed by atoms with van der Waals surface area (Å²) >= 11 is 0. The molecule has 3 aliphatic rings. The standard InChI is InChI=1S/C27H36N4O3/c1-19-17-28-27(29-18-19)31-11-6-20(7-12-31)24-14-21(24)8-13-34-23-5-4-22(25(16-23)33-2)15-26(32)30-9-3-10-30/h4-5,16-18,20-21,24H,3,6-15H2,1-2H3/t21-,24-/m1/s1. The van der Waals surface area contributed by atoms with Crippen LogP contribution in [0, 0.1) is 24.7 Å². The van der Waals surface area contributed by atoms with Gasteiger partial charge in [0.15, 0.2) is 0 Å². The van der Waals surface area contributed by atoms with Gasteiger partial charge in [0.1, 0.15) is 11.5 Å². The van der Waals surface area contributed by atoms with E-state index in [9.17, 15) is 4.79 Å². The highest BCUT2D eigenvalue weighted by atomic mass is 16.5. The lowest BCUT2D eigenvalue weighted by molar-refractivity contribution is -0.133. The van der Waals surface area contributed by atoms with Crippen LogP contribution >= 0.6 is 0 Å². The predicted octanol–water partition coefficient (Wildman–Crippen LogP) is 3.89. The van der Waals surface area contributed by atoms with Crippen LogP contribution in [0.2, 0.25) is 0 Å². The number of hydrogen-bond acceptors (Lipinski definition) is 6. The Morgan fingerprint density at radius 3 is 2.56 bits per heavy atom. The van der Waals surface area contributed by atoms with E-state index >= 15 is 0 Å². The second kappa shape index (κ2) is 10.2. The summed E-state index contributed by atoms with van der Waals surface area (Å²) in [5.41, 5.74) is 2.03. The molecule has 2 saturated heterocycles. The van der Waals surface area contributed by atoms with Gasteiger partial charge in [-0.05, 0) is 68.4 Å². The number of methoxy groups -OCH3 is 1. The van der Waals surface area contributed by atoms with E-state index in [1.807, 2.05) is 42.4 Å². The van der Waals surface area contributed by atoms with E-state index in [0.29, 0.717) is 6.42 Å². The van der Waals surface area contributed by atoms with Gasteiger partial charge in [-0.2, -0.15) is 0 Å². The summed E-state index contributed by atoms with van der Waals surface area (Å²) in [5.74, 6) is 5.04. The number of aryl methyl sites for hydroxylation is 1. The van der Waals surface area contributed by atoms with Gasteiger partial charge in [0.05, 0.1) is 20.1 Å². The second-order valence-corrected chi connectivity index (χ2v) is 10.1. The van der Waals surface area contributed by atoms with Crippen LogP contribution in [0.25, 0.3) is 0 Å². The van der Waals surface area contributed by atoms with Crippen LogP contribution in [0.15, 0.2) is 30.6 Å². The van der Waals surface area contributed by atoms with E-state index in [1.54, 1.807) is 7.11 Å². The number of carbonyl (C=O) groups is 1. The molecule has 2 aliphatic heterocycles. The molecule has 1 aromatic carbocycles. The van der Waals surface area contributed by atoms with Crippen molar-refractivity contribution in [2.24, 2.45) is 17.8 Å². The number of amides is 1. The average Bonchev–Trinajstić information content (AvgIpc) is 3.59. The molecule has 3 heterocycles. The molecule has 1 amide bonds. The van der Waals surface area contributed by atoms with Crippen molar-refractivity contribution < 1.29 is 14.3 Å². The third-order valence-electron chi connectivity index (χ3n) is 7.74. The largest absolute Gasteiger partial charge is 0.496 e. The molecule has 1 saturated carbocycles. The molecule has 0 N–H and O–H groups in total. The van der Waals surface area contributed by atoms with Gasteiger partial charge in [0.2, 0.25) is 11.9 Å². The number of piperidine rings is 1. The van der Waals surface area contributed by atoms with Crippen molar-refractivity contribution in [2.75, 3.05) is 44.8 Å². The zero-order valence-electron chi connectivity index (χ0n) is 20.4. The Labute approximate surface area is 202 Å². The van der Waals surface area contributed by atoms with Crippen LogP contribution in [0.5, 0.6) is 11.5 Å². The monoisotopic (exact) mass is 464 g/mol. The number of nitrogens with zero attached hydrogens (tertiary/aromatic N) is 4. The first-order chi connectivity index (χ1) is 16.6. The molecule has 1 aliphatic carbocycles. The smallest absolute Gasteiger partial charge is 0.227 e. The third kappa shape index (κ3) is 5.29. The maximum atomic E-state index is 12.3. The Balaban J connectivity index is 1.04. The fourth-order valence-corrected chi connectivity index (χ4v) is 5.39. The molecule has 2 atom stereocenters. The van der Waals surface area contributed by atoms with E-state index < -0.39 is 0 Å². The summed E-state index contributed by atoms with van der Waals surface area (Å²) in [6, 6.07) is 5.86. The van der Waals surface area contributed by atoms with Crippen molar-refractivity contribution >= 4 is 11.9 Å². The number of carbonyl (C=O) groups excluding carboxylic acids is 1. The fourth-order valence-electron chi connectivity index (χ4n) is 5.39. The number of likely N-dealkylation sites (tertiary alicyclic amines) is 1. The lowest BCUT2D eigenvalue weighted by Crippen LogP contribution is -2.42. The molecule has 3 fully saturated rings. The average molecular weight is 465 g/mol. The summed E-state index contributed by atoms with van der Waals surface area (Å²) in [5, 5.41) is 0. The van der Waals surface area contributed by atoms with Crippen molar-refractivity contribution in [1.29, 1.82) is 0 Å². The van der Waals surface area contributed by atoms with Gasteiger partial charge >= 0.3 is 0 Å². The van der Waals surface area contributed by atoms with Crippen molar-refractivity contribution in [1.82, 2.24) is 14.9 Å². The first-order valence-corrected chi connectivity index (χ1v) is 12.7. The van der Waals surface area contributed by atoms with Crippen molar-refractivity contribution in [2.45, 2.75) is 45.4 Å². The van der Waals surface area contributed by atoms with E-state index in [4.69, 9.17) is 9.47 Å². The molecule has 34 heavy (non-hydrogen) atoms. The second-order valence-electron chi connectivity index (χ2n) is 10.1. The zero-order chi connectivity index (χ0) is 23.5. The summed E-state index contributed by atoms with van der Waals surface area (Å²) in [6.07, 6.45) is 10.2. The Kier molecular flexibility index (Phi) is 6.88. The maximum absolute atomic E-state index is 12.3. The molecule has 5 rings (SSSR count). The third-order valence-corrected chi connectivity index (χ3v) is 7.74. The predicted molar refractivity (Wildman–Crippen MR) is 131 cm³/mol. The summed E-state index contributed by atoms with van der Waals surface area (Å²) in [7, 11) is 1.65. The van der Waals surface area contributed by atoms with Crippen molar-refractivity contribution in [3.63, 3.8) is 0 Å². The Morgan fingerprint density at radius 1 is 1.12 bits per heavy atom. The Bertz CT molecular complexity index is 984. The summed E-state index contributed by atoms with van der Waals surface area (Å²) < 4.78 is 11.6. The molecule has 0 radical (unpaired) electrons. The minimum atomic E-state index is 0.176. The number of hydrogen-bond donors (Lipinski definition) is 0. The van der Waals surface area contributed by atoms with E-state index in [1.165, 1.54) is 19.3 Å². The first kappa shape index (κ1) is 22.9. The topological polar surface area (TPSA) is 67.8 Å². The quantitative estimate of drug-likeness (QED) is 0.561.